The highest BCUT2D eigenvalue weighted by molar-refractivity contribution is 6.30. The first kappa shape index (κ1) is 12.9. The van der Waals surface area contributed by atoms with Gasteiger partial charge >= 0.3 is 0 Å². The highest BCUT2D eigenvalue weighted by atomic mass is 35.5. The highest BCUT2D eigenvalue weighted by Gasteiger charge is 2.54. The van der Waals surface area contributed by atoms with E-state index < -0.39 is 0 Å². The summed E-state index contributed by atoms with van der Waals surface area (Å²) in [5, 5.41) is 0.674. The average molecular weight is 304 g/mol. The molecular weight excluding hydrogens is 288 g/mol. The third kappa shape index (κ3) is 1.98. The van der Waals surface area contributed by atoms with Crippen molar-refractivity contribution in [3.05, 3.63) is 53.4 Å². The van der Waals surface area contributed by atoms with Crippen LogP contribution in [0.1, 0.15) is 24.8 Å². The molecule has 1 aromatic heterocycles. The number of benzene rings is 1. The SMILES string of the molecule is O=C1[C@H]2CCC[NH+]2[C@H](c2ccco2)N1c1ccc(Cl)cc1. The average Bonchev–Trinajstić information content (AvgIpc) is 3.19. The van der Waals surface area contributed by atoms with E-state index in [9.17, 15) is 4.79 Å². The van der Waals surface area contributed by atoms with Gasteiger partial charge in [-0.1, -0.05) is 11.6 Å². The molecule has 3 atom stereocenters. The van der Waals surface area contributed by atoms with Gasteiger partial charge in [-0.15, -0.1) is 0 Å². The van der Waals surface area contributed by atoms with E-state index in [4.69, 9.17) is 16.0 Å². The van der Waals surface area contributed by atoms with E-state index >= 15 is 0 Å². The van der Waals surface area contributed by atoms with Crippen molar-refractivity contribution in [2.24, 2.45) is 0 Å². The maximum atomic E-state index is 12.8. The van der Waals surface area contributed by atoms with Gasteiger partial charge in [0.15, 0.2) is 11.8 Å². The number of hydrogen-bond acceptors (Lipinski definition) is 2. The molecule has 5 heteroatoms. The van der Waals surface area contributed by atoms with Crippen LogP contribution in [0.4, 0.5) is 5.69 Å². The number of nitrogens with one attached hydrogen (secondary N) is 1. The molecule has 2 aliphatic heterocycles. The topological polar surface area (TPSA) is 37.9 Å². The lowest BCUT2D eigenvalue weighted by Gasteiger charge is -2.24. The van der Waals surface area contributed by atoms with Crippen molar-refractivity contribution in [2.45, 2.75) is 25.0 Å². The summed E-state index contributed by atoms with van der Waals surface area (Å²) >= 11 is 5.96. The van der Waals surface area contributed by atoms with E-state index in [1.165, 1.54) is 4.90 Å². The van der Waals surface area contributed by atoms with Gasteiger partial charge in [0, 0.05) is 17.9 Å². The fraction of sp³-hybridized carbons (Fsp3) is 0.312. The third-order valence-corrected chi connectivity index (χ3v) is 4.72. The predicted molar refractivity (Wildman–Crippen MR) is 79.2 cm³/mol. The van der Waals surface area contributed by atoms with Crippen molar-refractivity contribution in [2.75, 3.05) is 11.4 Å². The van der Waals surface area contributed by atoms with Crippen LogP contribution in [0, 0.1) is 0 Å². The monoisotopic (exact) mass is 303 g/mol. The summed E-state index contributed by atoms with van der Waals surface area (Å²) in [7, 11) is 0. The van der Waals surface area contributed by atoms with Crippen LogP contribution in [0.15, 0.2) is 47.1 Å². The molecule has 3 heterocycles. The number of fused-ring (bicyclic) bond motifs is 1. The Kier molecular flexibility index (Phi) is 3.01. The molecule has 1 amide bonds. The minimum atomic E-state index is -0.0684. The van der Waals surface area contributed by atoms with Gasteiger partial charge in [0.1, 0.15) is 0 Å². The summed E-state index contributed by atoms with van der Waals surface area (Å²) in [5.74, 6) is 1.03. The molecule has 4 rings (SSSR count). The number of rotatable bonds is 2. The quantitative estimate of drug-likeness (QED) is 0.922. The van der Waals surface area contributed by atoms with Crippen molar-refractivity contribution in [3.8, 4) is 0 Å². The summed E-state index contributed by atoms with van der Waals surface area (Å²) < 4.78 is 5.61. The molecular formula is C16H16ClN2O2+. The zero-order valence-electron chi connectivity index (χ0n) is 11.5. The first-order chi connectivity index (χ1) is 10.3. The number of anilines is 1. The van der Waals surface area contributed by atoms with Gasteiger partial charge in [0.2, 0.25) is 6.17 Å². The maximum absolute atomic E-state index is 12.8. The lowest BCUT2D eigenvalue weighted by atomic mass is 10.2. The second-order valence-corrected chi connectivity index (χ2v) is 6.06. The second kappa shape index (κ2) is 4.90. The summed E-state index contributed by atoms with van der Waals surface area (Å²) in [6.07, 6.45) is 3.65. The lowest BCUT2D eigenvalue weighted by molar-refractivity contribution is -0.925. The normalized spacial score (nSPS) is 28.1. The Balaban J connectivity index is 1.79. The fourth-order valence-corrected chi connectivity index (χ4v) is 3.70. The Hall–Kier alpha value is -1.78. The largest absolute Gasteiger partial charge is 0.461 e. The first-order valence-electron chi connectivity index (χ1n) is 7.23. The zero-order valence-corrected chi connectivity index (χ0v) is 12.2. The van der Waals surface area contributed by atoms with E-state index in [0.29, 0.717) is 5.02 Å². The van der Waals surface area contributed by atoms with Gasteiger partial charge in [-0.25, -0.2) is 4.90 Å². The molecule has 1 unspecified atom stereocenters. The number of hydrogen-bond donors (Lipinski definition) is 1. The second-order valence-electron chi connectivity index (χ2n) is 5.62. The van der Waals surface area contributed by atoms with Gasteiger partial charge in [0.25, 0.3) is 5.91 Å². The van der Waals surface area contributed by atoms with Crippen molar-refractivity contribution >= 4 is 23.2 Å². The molecule has 2 aromatic rings. The molecule has 0 saturated carbocycles. The number of carbonyl (C=O) groups is 1. The number of quaternary nitrogens is 1. The van der Waals surface area contributed by atoms with Gasteiger partial charge in [-0.3, -0.25) is 9.69 Å². The molecule has 0 aliphatic carbocycles. The Morgan fingerprint density at radius 3 is 2.76 bits per heavy atom. The summed E-state index contributed by atoms with van der Waals surface area (Å²) in [5.41, 5.74) is 0.882. The highest BCUT2D eigenvalue weighted by Crippen LogP contribution is 2.31. The van der Waals surface area contributed by atoms with Gasteiger partial charge in [-0.2, -0.15) is 0 Å². The molecule has 0 radical (unpaired) electrons. The minimum absolute atomic E-state index is 0.0516. The van der Waals surface area contributed by atoms with Crippen molar-refractivity contribution in [1.29, 1.82) is 0 Å². The van der Waals surface area contributed by atoms with Crippen LogP contribution in [-0.2, 0) is 4.79 Å². The Labute approximate surface area is 127 Å². The van der Waals surface area contributed by atoms with E-state index in [-0.39, 0.29) is 18.1 Å². The zero-order chi connectivity index (χ0) is 14.4. The molecule has 0 bridgehead atoms. The Bertz CT molecular complexity index is 653. The first-order valence-corrected chi connectivity index (χ1v) is 7.61. The van der Waals surface area contributed by atoms with Crippen LogP contribution < -0.4 is 9.80 Å². The minimum Gasteiger partial charge on any atom is -0.461 e. The standard InChI is InChI=1S/C16H15ClN2O2/c17-11-5-7-12(8-6-11)19-15(14-4-2-10-21-14)18-9-1-3-13(18)16(19)20/h2,4-8,10,13,15H,1,3,9H2/p+1/t13-,15+/m1/s1. The molecule has 1 aromatic carbocycles. The van der Waals surface area contributed by atoms with Crippen molar-refractivity contribution in [3.63, 3.8) is 0 Å². The van der Waals surface area contributed by atoms with E-state index in [0.717, 1.165) is 30.8 Å². The van der Waals surface area contributed by atoms with Crippen LogP contribution in [0.2, 0.25) is 5.02 Å². The molecule has 4 nitrogen and oxygen atoms in total. The van der Waals surface area contributed by atoms with Gasteiger partial charge in [0.05, 0.1) is 18.5 Å². The van der Waals surface area contributed by atoms with Crippen LogP contribution >= 0.6 is 11.6 Å². The van der Waals surface area contributed by atoms with Crippen LogP contribution in [0.3, 0.4) is 0 Å². The van der Waals surface area contributed by atoms with E-state index in [2.05, 4.69) is 0 Å². The fourth-order valence-electron chi connectivity index (χ4n) is 3.58. The van der Waals surface area contributed by atoms with Crippen molar-refractivity contribution < 1.29 is 14.1 Å². The number of furan rings is 1. The number of carbonyl (C=O) groups excluding carboxylic acids is 1. The lowest BCUT2D eigenvalue weighted by Crippen LogP contribution is -3.12. The summed E-state index contributed by atoms with van der Waals surface area (Å²) in [4.78, 5) is 16.0. The Morgan fingerprint density at radius 2 is 2.05 bits per heavy atom. The van der Waals surface area contributed by atoms with Gasteiger partial charge in [-0.05, 0) is 36.4 Å². The van der Waals surface area contributed by atoms with Crippen LogP contribution in [-0.4, -0.2) is 18.5 Å². The molecule has 1 N–H and O–H groups in total. The predicted octanol–water partition coefficient (Wildman–Crippen LogP) is 2.03. The van der Waals surface area contributed by atoms with E-state index in [1.54, 1.807) is 6.26 Å². The third-order valence-electron chi connectivity index (χ3n) is 4.47. The molecule has 21 heavy (non-hydrogen) atoms. The molecule has 2 aliphatic rings. The number of halogens is 1. The van der Waals surface area contributed by atoms with Crippen LogP contribution in [0.5, 0.6) is 0 Å². The number of nitrogens with zero attached hydrogens (tertiary/aromatic N) is 1. The van der Waals surface area contributed by atoms with Crippen molar-refractivity contribution in [1.82, 2.24) is 0 Å². The molecule has 2 fully saturated rings. The molecule has 108 valence electrons. The number of amides is 1. The smallest absolute Gasteiger partial charge is 0.290 e. The summed E-state index contributed by atoms with van der Waals surface area (Å²) in [6, 6.07) is 11.3. The maximum Gasteiger partial charge on any atom is 0.290 e. The van der Waals surface area contributed by atoms with Gasteiger partial charge < -0.3 is 4.42 Å². The van der Waals surface area contributed by atoms with Crippen LogP contribution in [0.25, 0.3) is 0 Å². The Morgan fingerprint density at radius 1 is 1.24 bits per heavy atom. The molecule has 0 spiro atoms. The van der Waals surface area contributed by atoms with E-state index in [1.807, 2.05) is 41.3 Å². The molecule has 2 saturated heterocycles. The summed E-state index contributed by atoms with van der Waals surface area (Å²) in [6.45, 7) is 1.01.